The molecule has 1 aromatic carbocycles. The van der Waals surface area contributed by atoms with Crippen LogP contribution in [0, 0.1) is 6.92 Å². The zero-order valence-electron chi connectivity index (χ0n) is 11.7. The van der Waals surface area contributed by atoms with Crippen LogP contribution in [-0.4, -0.2) is 17.4 Å². The topological polar surface area (TPSA) is 32.3 Å². The highest BCUT2D eigenvalue weighted by Crippen LogP contribution is 2.35. The van der Waals surface area contributed by atoms with Crippen LogP contribution in [-0.2, 0) is 4.79 Å². The second-order valence-corrected chi connectivity index (χ2v) is 6.31. The minimum absolute atomic E-state index is 0.00333. The number of carbonyl (C=O) groups excluding carboxylic acids is 1. The van der Waals surface area contributed by atoms with Gasteiger partial charge in [0.25, 0.3) is 0 Å². The van der Waals surface area contributed by atoms with Crippen LogP contribution in [0.5, 0.6) is 0 Å². The van der Waals surface area contributed by atoms with Crippen molar-refractivity contribution in [3.63, 3.8) is 0 Å². The number of hydrogen-bond donors (Lipinski definition) is 1. The van der Waals surface area contributed by atoms with Crippen molar-refractivity contribution in [2.45, 2.75) is 26.1 Å². The Bertz CT molecular complexity index is 608. The number of hydrogen-bond acceptors (Lipinski definition) is 3. The van der Waals surface area contributed by atoms with Crippen molar-refractivity contribution in [2.24, 2.45) is 0 Å². The maximum Gasteiger partial charge on any atom is 0.245 e. The molecular formula is C16H18N2OS. The largest absolute Gasteiger partial charge is 0.321 e. The van der Waals surface area contributed by atoms with Crippen molar-refractivity contribution in [1.82, 2.24) is 10.2 Å². The minimum Gasteiger partial charge on any atom is -0.321 e. The molecule has 1 saturated heterocycles. The van der Waals surface area contributed by atoms with E-state index in [0.29, 0.717) is 0 Å². The van der Waals surface area contributed by atoms with Crippen LogP contribution in [0.25, 0.3) is 0 Å². The van der Waals surface area contributed by atoms with Gasteiger partial charge in [-0.3, -0.25) is 10.1 Å². The van der Waals surface area contributed by atoms with Gasteiger partial charge in [0, 0.05) is 16.3 Å². The first kappa shape index (κ1) is 13.3. The molecule has 1 aromatic heterocycles. The zero-order chi connectivity index (χ0) is 14.1. The lowest BCUT2D eigenvalue weighted by atomic mass is 10.1. The Hall–Kier alpha value is -1.65. The Morgan fingerprint density at radius 3 is 2.55 bits per heavy atom. The molecule has 1 N–H and O–H groups in total. The average Bonchev–Trinajstić information content (AvgIpc) is 3.03. The molecule has 104 valence electrons. The number of amides is 1. The lowest BCUT2D eigenvalue weighted by molar-refractivity contribution is -0.130. The molecule has 20 heavy (non-hydrogen) atoms. The summed E-state index contributed by atoms with van der Waals surface area (Å²) in [5, 5.41) is 3.47. The van der Waals surface area contributed by atoms with Gasteiger partial charge in [0.2, 0.25) is 5.91 Å². The third kappa shape index (κ3) is 2.25. The van der Waals surface area contributed by atoms with Crippen LogP contribution in [0.3, 0.4) is 0 Å². The normalized spacial score (nSPS) is 22.5. The molecule has 1 fully saturated rings. The van der Waals surface area contributed by atoms with E-state index < -0.39 is 0 Å². The summed E-state index contributed by atoms with van der Waals surface area (Å²) in [5.74, 6) is 0.162. The van der Waals surface area contributed by atoms with E-state index in [9.17, 15) is 4.79 Å². The highest BCUT2D eigenvalue weighted by molar-refractivity contribution is 7.12. The zero-order valence-corrected chi connectivity index (χ0v) is 12.5. The number of likely N-dealkylation sites (N-methyl/N-ethyl adjacent to an activating group) is 1. The van der Waals surface area contributed by atoms with Gasteiger partial charge in [0.1, 0.15) is 12.2 Å². The van der Waals surface area contributed by atoms with Gasteiger partial charge in [-0.25, -0.2) is 0 Å². The van der Waals surface area contributed by atoms with Crippen molar-refractivity contribution in [2.75, 3.05) is 6.54 Å². The maximum atomic E-state index is 12.6. The Morgan fingerprint density at radius 2 is 1.95 bits per heavy atom. The van der Waals surface area contributed by atoms with Crippen LogP contribution in [0.2, 0.25) is 0 Å². The predicted molar refractivity (Wildman–Crippen MR) is 81.5 cm³/mol. The molecule has 1 aliphatic heterocycles. The predicted octanol–water partition coefficient (Wildman–Crippen LogP) is 3.25. The lowest BCUT2D eigenvalue weighted by Crippen LogP contribution is -2.29. The minimum atomic E-state index is -0.233. The van der Waals surface area contributed by atoms with Gasteiger partial charge in [-0.05, 0) is 31.5 Å². The van der Waals surface area contributed by atoms with E-state index in [1.54, 1.807) is 11.3 Å². The summed E-state index contributed by atoms with van der Waals surface area (Å²) in [7, 11) is 0. The molecule has 1 aliphatic rings. The molecule has 3 rings (SSSR count). The fraction of sp³-hybridized carbons (Fsp3) is 0.312. The van der Waals surface area contributed by atoms with Crippen LogP contribution in [0.1, 0.15) is 34.4 Å². The first-order valence-corrected chi connectivity index (χ1v) is 7.70. The Labute approximate surface area is 123 Å². The Kier molecular flexibility index (Phi) is 3.59. The van der Waals surface area contributed by atoms with E-state index in [4.69, 9.17) is 0 Å². The first-order valence-electron chi connectivity index (χ1n) is 6.88. The molecule has 2 atom stereocenters. The molecule has 0 aliphatic carbocycles. The number of thiophene rings is 1. The number of nitrogens with zero attached hydrogens (tertiary/aromatic N) is 1. The molecule has 4 heteroatoms. The molecule has 0 radical (unpaired) electrons. The first-order chi connectivity index (χ1) is 9.70. The monoisotopic (exact) mass is 286 g/mol. The van der Waals surface area contributed by atoms with Crippen LogP contribution in [0.15, 0.2) is 42.5 Å². The summed E-state index contributed by atoms with van der Waals surface area (Å²) in [4.78, 5) is 17.0. The SMILES string of the molecule is CCN1C(=O)C(c2ccccc2)NC1c1ccc(C)s1. The van der Waals surface area contributed by atoms with Gasteiger partial charge >= 0.3 is 0 Å². The van der Waals surface area contributed by atoms with Crippen molar-refractivity contribution >= 4 is 17.2 Å². The molecule has 2 aromatic rings. The summed E-state index contributed by atoms with van der Waals surface area (Å²) in [6, 6.07) is 13.9. The summed E-state index contributed by atoms with van der Waals surface area (Å²) in [6.45, 7) is 4.84. The average molecular weight is 286 g/mol. The van der Waals surface area contributed by atoms with Crippen LogP contribution in [0.4, 0.5) is 0 Å². The molecule has 2 unspecified atom stereocenters. The van der Waals surface area contributed by atoms with Crippen LogP contribution < -0.4 is 5.32 Å². The van der Waals surface area contributed by atoms with E-state index in [-0.39, 0.29) is 18.1 Å². The van der Waals surface area contributed by atoms with Crippen molar-refractivity contribution in [3.05, 3.63) is 57.8 Å². The molecule has 0 saturated carbocycles. The highest BCUT2D eigenvalue weighted by atomic mass is 32.1. The third-order valence-electron chi connectivity index (χ3n) is 3.67. The number of nitrogens with one attached hydrogen (secondary N) is 1. The molecular weight excluding hydrogens is 268 g/mol. The Balaban J connectivity index is 1.92. The van der Waals surface area contributed by atoms with E-state index >= 15 is 0 Å². The van der Waals surface area contributed by atoms with Gasteiger partial charge < -0.3 is 4.90 Å². The number of benzene rings is 1. The summed E-state index contributed by atoms with van der Waals surface area (Å²) >= 11 is 1.75. The van der Waals surface area contributed by atoms with E-state index in [1.165, 1.54) is 9.75 Å². The van der Waals surface area contributed by atoms with E-state index in [0.717, 1.165) is 12.1 Å². The van der Waals surface area contributed by atoms with Gasteiger partial charge in [-0.15, -0.1) is 11.3 Å². The Morgan fingerprint density at radius 1 is 1.20 bits per heavy atom. The molecule has 3 nitrogen and oxygen atoms in total. The van der Waals surface area contributed by atoms with Crippen molar-refractivity contribution in [1.29, 1.82) is 0 Å². The number of carbonyl (C=O) groups is 1. The molecule has 0 bridgehead atoms. The second-order valence-electron chi connectivity index (χ2n) is 4.99. The highest BCUT2D eigenvalue weighted by Gasteiger charge is 2.39. The fourth-order valence-electron chi connectivity index (χ4n) is 2.67. The second kappa shape index (κ2) is 5.38. The molecule has 0 spiro atoms. The van der Waals surface area contributed by atoms with Gasteiger partial charge in [-0.1, -0.05) is 30.3 Å². The quantitative estimate of drug-likeness (QED) is 0.939. The molecule has 1 amide bonds. The standard InChI is InChI=1S/C16H18N2OS/c1-3-18-15(13-10-9-11(2)20-13)17-14(16(18)19)12-7-5-4-6-8-12/h4-10,14-15,17H,3H2,1-2H3. The van der Waals surface area contributed by atoms with Gasteiger partial charge in [-0.2, -0.15) is 0 Å². The summed E-state index contributed by atoms with van der Waals surface area (Å²) in [5.41, 5.74) is 1.03. The van der Waals surface area contributed by atoms with Crippen molar-refractivity contribution < 1.29 is 4.79 Å². The molecule has 2 heterocycles. The summed E-state index contributed by atoms with van der Waals surface area (Å²) < 4.78 is 0. The van der Waals surface area contributed by atoms with Crippen molar-refractivity contribution in [3.8, 4) is 0 Å². The smallest absolute Gasteiger partial charge is 0.245 e. The lowest BCUT2D eigenvalue weighted by Gasteiger charge is -2.21. The van der Waals surface area contributed by atoms with E-state index in [2.05, 4.69) is 24.4 Å². The number of rotatable bonds is 3. The van der Waals surface area contributed by atoms with E-state index in [1.807, 2.05) is 42.2 Å². The third-order valence-corrected chi connectivity index (χ3v) is 4.72. The van der Waals surface area contributed by atoms with Gasteiger partial charge in [0.15, 0.2) is 0 Å². The maximum absolute atomic E-state index is 12.6. The fourth-order valence-corrected chi connectivity index (χ4v) is 3.62. The number of aryl methyl sites for hydroxylation is 1. The van der Waals surface area contributed by atoms with Crippen LogP contribution >= 0.6 is 11.3 Å². The summed E-state index contributed by atoms with van der Waals surface area (Å²) in [6.07, 6.45) is -0.00333. The van der Waals surface area contributed by atoms with Gasteiger partial charge in [0.05, 0.1) is 0 Å².